The van der Waals surface area contributed by atoms with E-state index in [9.17, 15) is 0 Å². The Morgan fingerprint density at radius 1 is 1.54 bits per heavy atom. The maximum absolute atomic E-state index is 3.57. The Morgan fingerprint density at radius 2 is 2.31 bits per heavy atom. The number of nitrogens with zero attached hydrogens (tertiary/aromatic N) is 1. The molecule has 1 aliphatic rings. The van der Waals surface area contributed by atoms with Gasteiger partial charge < -0.3 is 10.2 Å². The van der Waals surface area contributed by atoms with Crippen LogP contribution in [0.5, 0.6) is 0 Å². The van der Waals surface area contributed by atoms with Crippen molar-refractivity contribution in [3.05, 3.63) is 0 Å². The third-order valence-corrected chi connectivity index (χ3v) is 3.24. The Bertz CT molecular complexity index is 136. The van der Waals surface area contributed by atoms with E-state index in [0.717, 1.165) is 12.0 Å². The normalized spacial score (nSPS) is 26.5. The van der Waals surface area contributed by atoms with Gasteiger partial charge in [-0.2, -0.15) is 0 Å². The van der Waals surface area contributed by atoms with Gasteiger partial charge in [-0.25, -0.2) is 0 Å². The standard InChI is InChI=1S/C11H24N2/c1-4-10(2)8-12-9-11-6-5-7-13(11)3/h10-12H,4-9H2,1-3H3/t10-,11?/m1/s1. The molecule has 0 amide bonds. The highest BCUT2D eigenvalue weighted by Gasteiger charge is 2.19. The van der Waals surface area contributed by atoms with E-state index in [1.165, 1.54) is 38.9 Å². The van der Waals surface area contributed by atoms with Crippen LogP contribution in [0.15, 0.2) is 0 Å². The Hall–Kier alpha value is -0.0800. The number of likely N-dealkylation sites (tertiary alicyclic amines) is 1. The molecular formula is C11H24N2. The van der Waals surface area contributed by atoms with Crippen molar-refractivity contribution in [3.63, 3.8) is 0 Å². The molecule has 1 aliphatic heterocycles. The molecule has 1 unspecified atom stereocenters. The number of likely N-dealkylation sites (N-methyl/N-ethyl adjacent to an activating group) is 1. The van der Waals surface area contributed by atoms with E-state index in [0.29, 0.717) is 0 Å². The molecule has 2 heteroatoms. The lowest BCUT2D eigenvalue weighted by molar-refractivity contribution is 0.296. The maximum Gasteiger partial charge on any atom is 0.0218 e. The summed E-state index contributed by atoms with van der Waals surface area (Å²) in [6.45, 7) is 8.22. The molecule has 0 radical (unpaired) electrons. The van der Waals surface area contributed by atoms with Gasteiger partial charge in [0.15, 0.2) is 0 Å². The molecule has 0 saturated carbocycles. The molecule has 0 bridgehead atoms. The first-order chi connectivity index (χ1) is 6.24. The van der Waals surface area contributed by atoms with Gasteiger partial charge in [0, 0.05) is 12.6 Å². The lowest BCUT2D eigenvalue weighted by Gasteiger charge is -2.20. The first kappa shape index (κ1) is 11.0. The fraction of sp³-hybridized carbons (Fsp3) is 1.00. The summed E-state index contributed by atoms with van der Waals surface area (Å²) in [5.41, 5.74) is 0. The predicted molar refractivity (Wildman–Crippen MR) is 58.0 cm³/mol. The lowest BCUT2D eigenvalue weighted by atomic mass is 10.1. The van der Waals surface area contributed by atoms with Crippen molar-refractivity contribution >= 4 is 0 Å². The molecule has 0 aromatic rings. The van der Waals surface area contributed by atoms with Crippen molar-refractivity contribution in [2.75, 3.05) is 26.7 Å². The average molecular weight is 184 g/mol. The number of rotatable bonds is 5. The average Bonchev–Trinajstić information content (AvgIpc) is 2.52. The van der Waals surface area contributed by atoms with E-state index >= 15 is 0 Å². The molecule has 1 fully saturated rings. The number of hydrogen-bond donors (Lipinski definition) is 1. The zero-order valence-corrected chi connectivity index (χ0v) is 9.34. The Kier molecular flexibility index (Phi) is 4.74. The molecule has 78 valence electrons. The molecule has 0 aromatic heterocycles. The Morgan fingerprint density at radius 3 is 2.85 bits per heavy atom. The highest BCUT2D eigenvalue weighted by atomic mass is 15.2. The van der Waals surface area contributed by atoms with Crippen molar-refractivity contribution in [3.8, 4) is 0 Å². The van der Waals surface area contributed by atoms with Gasteiger partial charge in [-0.05, 0) is 38.9 Å². The summed E-state index contributed by atoms with van der Waals surface area (Å²) in [7, 11) is 2.24. The molecule has 0 aliphatic carbocycles. The van der Waals surface area contributed by atoms with Crippen LogP contribution in [-0.4, -0.2) is 37.6 Å². The summed E-state index contributed by atoms with van der Waals surface area (Å²) in [6, 6.07) is 0.795. The van der Waals surface area contributed by atoms with Crippen molar-refractivity contribution in [2.45, 2.75) is 39.2 Å². The summed E-state index contributed by atoms with van der Waals surface area (Å²) < 4.78 is 0. The van der Waals surface area contributed by atoms with E-state index in [1.54, 1.807) is 0 Å². The SMILES string of the molecule is CC[C@@H](C)CNCC1CCCN1C. The molecule has 2 nitrogen and oxygen atoms in total. The molecular weight excluding hydrogens is 160 g/mol. The third kappa shape index (κ3) is 3.65. The molecule has 1 rings (SSSR count). The molecule has 2 atom stereocenters. The first-order valence-corrected chi connectivity index (χ1v) is 5.65. The van der Waals surface area contributed by atoms with Gasteiger partial charge in [-0.15, -0.1) is 0 Å². The lowest BCUT2D eigenvalue weighted by Crippen LogP contribution is -2.36. The molecule has 1 saturated heterocycles. The monoisotopic (exact) mass is 184 g/mol. The summed E-state index contributed by atoms with van der Waals surface area (Å²) in [6.07, 6.45) is 4.05. The summed E-state index contributed by atoms with van der Waals surface area (Å²) in [4.78, 5) is 2.48. The van der Waals surface area contributed by atoms with Crippen molar-refractivity contribution < 1.29 is 0 Å². The van der Waals surface area contributed by atoms with E-state index in [1.807, 2.05) is 0 Å². The molecule has 0 aromatic carbocycles. The first-order valence-electron chi connectivity index (χ1n) is 5.65. The van der Waals surface area contributed by atoms with Gasteiger partial charge in [0.05, 0.1) is 0 Å². The van der Waals surface area contributed by atoms with Crippen LogP contribution in [-0.2, 0) is 0 Å². The Balaban J connectivity index is 2.05. The summed E-state index contributed by atoms with van der Waals surface area (Å²) in [5.74, 6) is 0.826. The summed E-state index contributed by atoms with van der Waals surface area (Å²) in [5, 5.41) is 3.57. The minimum absolute atomic E-state index is 0.795. The van der Waals surface area contributed by atoms with Crippen LogP contribution < -0.4 is 5.32 Å². The largest absolute Gasteiger partial charge is 0.315 e. The van der Waals surface area contributed by atoms with Crippen molar-refractivity contribution in [1.29, 1.82) is 0 Å². The third-order valence-electron chi connectivity index (χ3n) is 3.24. The van der Waals surface area contributed by atoms with Crippen molar-refractivity contribution in [1.82, 2.24) is 10.2 Å². The topological polar surface area (TPSA) is 15.3 Å². The minimum Gasteiger partial charge on any atom is -0.315 e. The second-order valence-electron chi connectivity index (χ2n) is 4.45. The van der Waals surface area contributed by atoms with Gasteiger partial charge in [0.25, 0.3) is 0 Å². The van der Waals surface area contributed by atoms with Crippen LogP contribution in [0.25, 0.3) is 0 Å². The van der Waals surface area contributed by atoms with Crippen LogP contribution >= 0.6 is 0 Å². The predicted octanol–water partition coefficient (Wildman–Crippen LogP) is 1.72. The maximum atomic E-state index is 3.57. The Labute approximate surface area is 82.7 Å². The van der Waals surface area contributed by atoms with Gasteiger partial charge in [0.2, 0.25) is 0 Å². The van der Waals surface area contributed by atoms with E-state index < -0.39 is 0 Å². The van der Waals surface area contributed by atoms with Crippen LogP contribution in [0, 0.1) is 5.92 Å². The summed E-state index contributed by atoms with van der Waals surface area (Å²) >= 11 is 0. The highest BCUT2D eigenvalue weighted by Crippen LogP contribution is 2.13. The molecule has 1 N–H and O–H groups in total. The van der Waals surface area contributed by atoms with Gasteiger partial charge >= 0.3 is 0 Å². The van der Waals surface area contributed by atoms with Gasteiger partial charge in [0.1, 0.15) is 0 Å². The van der Waals surface area contributed by atoms with E-state index in [4.69, 9.17) is 0 Å². The van der Waals surface area contributed by atoms with Crippen LogP contribution in [0.1, 0.15) is 33.1 Å². The van der Waals surface area contributed by atoms with Crippen LogP contribution in [0.2, 0.25) is 0 Å². The fourth-order valence-corrected chi connectivity index (χ4v) is 1.88. The number of hydrogen-bond acceptors (Lipinski definition) is 2. The smallest absolute Gasteiger partial charge is 0.0218 e. The number of nitrogens with one attached hydrogen (secondary N) is 1. The zero-order valence-electron chi connectivity index (χ0n) is 9.34. The second kappa shape index (κ2) is 5.61. The highest BCUT2D eigenvalue weighted by molar-refractivity contribution is 4.78. The molecule has 0 spiro atoms. The molecule has 1 heterocycles. The van der Waals surface area contributed by atoms with Crippen LogP contribution in [0.3, 0.4) is 0 Å². The zero-order chi connectivity index (χ0) is 9.68. The minimum atomic E-state index is 0.795. The van der Waals surface area contributed by atoms with E-state index in [2.05, 4.69) is 31.1 Å². The van der Waals surface area contributed by atoms with Gasteiger partial charge in [-0.3, -0.25) is 0 Å². The van der Waals surface area contributed by atoms with Crippen molar-refractivity contribution in [2.24, 2.45) is 5.92 Å². The van der Waals surface area contributed by atoms with Crippen LogP contribution in [0.4, 0.5) is 0 Å². The van der Waals surface area contributed by atoms with E-state index in [-0.39, 0.29) is 0 Å². The molecule has 13 heavy (non-hydrogen) atoms. The van der Waals surface area contributed by atoms with Gasteiger partial charge in [-0.1, -0.05) is 20.3 Å². The fourth-order valence-electron chi connectivity index (χ4n) is 1.88. The quantitative estimate of drug-likeness (QED) is 0.700. The second-order valence-corrected chi connectivity index (χ2v) is 4.45.